The van der Waals surface area contributed by atoms with Gasteiger partial charge in [0.15, 0.2) is 0 Å². The van der Waals surface area contributed by atoms with E-state index in [0.717, 1.165) is 33.6 Å². The molecule has 2 saturated heterocycles. The monoisotopic (exact) mass is 457 g/mol. The summed E-state index contributed by atoms with van der Waals surface area (Å²) in [7, 11) is 0. The number of amides is 1. The van der Waals surface area contributed by atoms with Crippen molar-refractivity contribution in [3.8, 4) is 0 Å². The molecule has 0 aliphatic carbocycles. The van der Waals surface area contributed by atoms with Gasteiger partial charge in [0, 0.05) is 36.9 Å². The van der Waals surface area contributed by atoms with E-state index in [1.165, 1.54) is 29.1 Å². The first-order valence-corrected chi connectivity index (χ1v) is 11.6. The smallest absolute Gasteiger partial charge is 0.261 e. The number of nitrogens with zero attached hydrogens (tertiary/aromatic N) is 2. The van der Waals surface area contributed by atoms with Crippen LogP contribution >= 0.6 is 23.3 Å². The van der Waals surface area contributed by atoms with Crippen molar-refractivity contribution in [2.45, 2.75) is 36.5 Å². The van der Waals surface area contributed by atoms with E-state index < -0.39 is 0 Å². The van der Waals surface area contributed by atoms with E-state index in [9.17, 15) is 4.79 Å². The average molecular weight is 458 g/mol. The molecule has 2 aromatic heterocycles. The van der Waals surface area contributed by atoms with Crippen LogP contribution in [-0.4, -0.2) is 46.0 Å². The van der Waals surface area contributed by atoms with Crippen LogP contribution in [0.25, 0.3) is 10.1 Å². The molecule has 2 unspecified atom stereocenters. The molecular weight excluding hydrogens is 430 g/mol. The van der Waals surface area contributed by atoms with Gasteiger partial charge in [-0.1, -0.05) is 12.1 Å². The Bertz CT molecular complexity index is 964. The lowest BCUT2D eigenvalue weighted by Crippen LogP contribution is -2.38. The Morgan fingerprint density at radius 2 is 1.90 bits per heavy atom. The maximum atomic E-state index is 12.4. The lowest BCUT2D eigenvalue weighted by atomic mass is 10.2. The van der Waals surface area contributed by atoms with Crippen molar-refractivity contribution in [2.75, 3.05) is 13.1 Å². The van der Waals surface area contributed by atoms with E-state index in [4.69, 9.17) is 4.74 Å². The lowest BCUT2D eigenvalue weighted by molar-refractivity contribution is -0.00838. The van der Waals surface area contributed by atoms with Crippen molar-refractivity contribution in [1.29, 1.82) is 0 Å². The van der Waals surface area contributed by atoms with Crippen molar-refractivity contribution in [2.24, 2.45) is 0 Å². The zero-order valence-electron chi connectivity index (χ0n) is 17.3. The number of pyridine rings is 1. The van der Waals surface area contributed by atoms with E-state index in [2.05, 4.69) is 52.0 Å². The molecule has 2 bridgehead atoms. The fourth-order valence-corrected chi connectivity index (χ4v) is 5.72. The number of ether oxygens (including phenoxy) is 1. The molecular formula is C23H27N3O3S2. The zero-order chi connectivity index (χ0) is 20.9. The van der Waals surface area contributed by atoms with Gasteiger partial charge < -0.3 is 15.5 Å². The first-order valence-electron chi connectivity index (χ1n) is 10.0. The summed E-state index contributed by atoms with van der Waals surface area (Å²) in [6.07, 6.45) is 6.74. The number of nitrogens with one attached hydrogen (secondary N) is 1. The molecule has 6 nitrogen and oxygen atoms in total. The van der Waals surface area contributed by atoms with E-state index in [-0.39, 0.29) is 11.4 Å². The number of morpholine rings is 1. The highest BCUT2D eigenvalue weighted by molar-refractivity contribution is 7.97. The maximum Gasteiger partial charge on any atom is 0.261 e. The summed E-state index contributed by atoms with van der Waals surface area (Å²) in [6, 6.07) is 12.3. The van der Waals surface area contributed by atoms with E-state index >= 15 is 0 Å². The molecule has 164 valence electrons. The first-order chi connectivity index (χ1) is 14.7. The number of carbonyl (C=O) groups excluding carboxylic acids is 1. The van der Waals surface area contributed by atoms with Crippen LogP contribution in [0.15, 0.2) is 66.8 Å². The molecule has 0 radical (unpaired) electrons. The second-order valence-corrected chi connectivity index (χ2v) is 9.50. The minimum atomic E-state index is -0.0385. The highest BCUT2D eigenvalue weighted by atomic mass is 32.2. The summed E-state index contributed by atoms with van der Waals surface area (Å²) in [5.41, 5.74) is 1.10. The summed E-state index contributed by atoms with van der Waals surface area (Å²) in [5.74, 6) is -0.0385. The topological polar surface area (TPSA) is 86.0 Å². The Balaban J connectivity index is 0.000000883. The zero-order valence-corrected chi connectivity index (χ0v) is 18.9. The SMILES string of the molecule is C=C.O.O=C(NCc1ccc(SN2CC3CCC(C2)O3)cc1)c1cc2ccncc2s1. The largest absolute Gasteiger partial charge is 0.412 e. The maximum absolute atomic E-state index is 12.4. The fourth-order valence-electron chi connectivity index (χ4n) is 3.73. The number of hydrogen-bond acceptors (Lipinski definition) is 6. The molecule has 0 spiro atoms. The van der Waals surface area contributed by atoms with Crippen LogP contribution < -0.4 is 5.32 Å². The summed E-state index contributed by atoms with van der Waals surface area (Å²) in [4.78, 5) is 18.5. The molecule has 8 heteroatoms. The molecule has 4 heterocycles. The molecule has 31 heavy (non-hydrogen) atoms. The van der Waals surface area contributed by atoms with Crippen molar-refractivity contribution in [1.82, 2.24) is 14.6 Å². The Morgan fingerprint density at radius 1 is 1.19 bits per heavy atom. The highest BCUT2D eigenvalue weighted by Gasteiger charge is 2.34. The average Bonchev–Trinajstić information content (AvgIpc) is 3.37. The van der Waals surface area contributed by atoms with Crippen molar-refractivity contribution in [3.05, 3.63) is 72.4 Å². The van der Waals surface area contributed by atoms with Gasteiger partial charge in [0.05, 0.1) is 21.8 Å². The van der Waals surface area contributed by atoms with Crippen LogP contribution in [0.4, 0.5) is 0 Å². The van der Waals surface area contributed by atoms with Crippen LogP contribution in [0.5, 0.6) is 0 Å². The molecule has 2 fully saturated rings. The summed E-state index contributed by atoms with van der Waals surface area (Å²) < 4.78 is 9.35. The highest BCUT2D eigenvalue weighted by Crippen LogP contribution is 2.33. The van der Waals surface area contributed by atoms with Crippen molar-refractivity contribution < 1.29 is 15.0 Å². The Morgan fingerprint density at radius 3 is 2.58 bits per heavy atom. The molecule has 0 saturated carbocycles. The third-order valence-electron chi connectivity index (χ3n) is 5.17. The minimum absolute atomic E-state index is 0. The quantitative estimate of drug-likeness (QED) is 0.461. The van der Waals surface area contributed by atoms with Crippen LogP contribution in [0, 0.1) is 0 Å². The fraction of sp³-hybridized carbons (Fsp3) is 0.304. The Kier molecular flexibility index (Phi) is 8.22. The summed E-state index contributed by atoms with van der Waals surface area (Å²) >= 11 is 3.28. The molecule has 5 rings (SSSR count). The van der Waals surface area contributed by atoms with Gasteiger partial charge in [0.25, 0.3) is 5.91 Å². The second kappa shape index (κ2) is 10.9. The van der Waals surface area contributed by atoms with Crippen LogP contribution in [0.3, 0.4) is 0 Å². The van der Waals surface area contributed by atoms with Gasteiger partial charge in [-0.25, -0.2) is 4.31 Å². The second-order valence-electron chi connectivity index (χ2n) is 7.25. The number of hydrogen-bond donors (Lipinski definition) is 1. The molecule has 1 aromatic carbocycles. The third-order valence-corrected chi connectivity index (χ3v) is 7.29. The Hall–Kier alpha value is -2.23. The van der Waals surface area contributed by atoms with Gasteiger partial charge in [-0.2, -0.15) is 0 Å². The molecule has 2 aliphatic heterocycles. The number of aromatic nitrogens is 1. The predicted octanol–water partition coefficient (Wildman–Crippen LogP) is 4.07. The first kappa shape index (κ1) is 23.4. The summed E-state index contributed by atoms with van der Waals surface area (Å²) in [5, 5.41) is 4.07. The number of carbonyl (C=O) groups is 1. The van der Waals surface area contributed by atoms with Crippen LogP contribution in [0.2, 0.25) is 0 Å². The van der Waals surface area contributed by atoms with Crippen molar-refractivity contribution in [3.63, 3.8) is 0 Å². The van der Waals surface area contributed by atoms with Gasteiger partial charge in [0.2, 0.25) is 0 Å². The van der Waals surface area contributed by atoms with Gasteiger partial charge >= 0.3 is 0 Å². The van der Waals surface area contributed by atoms with E-state index in [1.807, 2.05) is 12.1 Å². The molecule has 3 aromatic rings. The molecule has 1 amide bonds. The van der Waals surface area contributed by atoms with Crippen molar-refractivity contribution >= 4 is 39.3 Å². The standard InChI is InChI=1S/C21H21N3O2S2.C2H4.H2O/c25-21(19-9-15-7-8-22-11-20(15)27-19)23-10-14-1-5-18(6-2-14)28-24-12-16-3-4-17(13-24)26-16;1-2;/h1-2,5-9,11,16-17H,3-4,10,12-13H2,(H,23,25);1-2H2;1H2. The third kappa shape index (κ3) is 5.72. The Labute approximate surface area is 190 Å². The van der Waals surface area contributed by atoms with Gasteiger partial charge in [-0.3, -0.25) is 9.78 Å². The van der Waals surface area contributed by atoms with Crippen LogP contribution in [0.1, 0.15) is 28.1 Å². The lowest BCUT2D eigenvalue weighted by Gasteiger charge is -2.30. The summed E-state index contributed by atoms with van der Waals surface area (Å²) in [6.45, 7) is 8.53. The number of thiophene rings is 1. The van der Waals surface area contributed by atoms with Gasteiger partial charge in [0.1, 0.15) is 0 Å². The number of rotatable bonds is 5. The molecule has 2 atom stereocenters. The molecule has 2 aliphatic rings. The van der Waals surface area contributed by atoms with Gasteiger partial charge in [-0.15, -0.1) is 24.5 Å². The minimum Gasteiger partial charge on any atom is -0.412 e. The number of benzene rings is 1. The normalized spacial score (nSPS) is 19.9. The van der Waals surface area contributed by atoms with E-state index in [1.54, 1.807) is 24.3 Å². The van der Waals surface area contributed by atoms with E-state index in [0.29, 0.717) is 18.8 Å². The van der Waals surface area contributed by atoms with Crippen LogP contribution in [-0.2, 0) is 11.3 Å². The predicted molar refractivity (Wildman–Crippen MR) is 127 cm³/mol. The van der Waals surface area contributed by atoms with Gasteiger partial charge in [-0.05, 0) is 60.0 Å². The molecule has 3 N–H and O–H groups in total. The number of fused-ring (bicyclic) bond motifs is 3.